The van der Waals surface area contributed by atoms with Gasteiger partial charge in [0.25, 0.3) is 11.8 Å². The molecule has 2 amide bonds. The van der Waals surface area contributed by atoms with E-state index < -0.39 is 0 Å². The summed E-state index contributed by atoms with van der Waals surface area (Å²) in [5.41, 5.74) is 0. The lowest BCUT2D eigenvalue weighted by molar-refractivity contribution is -0.179. The molecule has 102 valence electrons. The van der Waals surface area contributed by atoms with E-state index in [0.29, 0.717) is 6.10 Å². The number of carbonyl (C=O) groups excluding carboxylic acids is 2. The number of nitrogens with zero attached hydrogens (tertiary/aromatic N) is 1. The Hall–Kier alpha value is -1.36. The van der Waals surface area contributed by atoms with Crippen LogP contribution in [-0.2, 0) is 19.2 Å². The summed E-state index contributed by atoms with van der Waals surface area (Å²) in [4.78, 5) is 25.7. The second-order valence-corrected chi connectivity index (χ2v) is 4.26. The second kappa shape index (κ2) is 7.87. The lowest BCUT2D eigenvalue weighted by Crippen LogP contribution is -2.27. The first-order chi connectivity index (χ1) is 8.69. The first-order valence-corrected chi connectivity index (χ1v) is 6.39. The monoisotopic (exact) mass is 255 g/mol. The molecule has 0 spiro atoms. The van der Waals surface area contributed by atoms with E-state index in [1.165, 1.54) is 32.8 Å². The molecule has 2 rings (SSSR count). The fourth-order valence-electron chi connectivity index (χ4n) is 1.88. The number of hydroxylamine groups is 2. The summed E-state index contributed by atoms with van der Waals surface area (Å²) in [7, 11) is 1.31. The fraction of sp³-hybridized carbons (Fsp3) is 0.692. The number of amides is 2. The maximum Gasteiger partial charge on any atom is 0.253 e. The van der Waals surface area contributed by atoms with Gasteiger partial charge in [-0.3, -0.25) is 14.4 Å². The fourth-order valence-corrected chi connectivity index (χ4v) is 1.88. The summed E-state index contributed by atoms with van der Waals surface area (Å²) < 4.78 is 5.34. The van der Waals surface area contributed by atoms with Crippen molar-refractivity contribution in [3.05, 3.63) is 12.3 Å². The smallest absolute Gasteiger partial charge is 0.253 e. The first kappa shape index (κ1) is 14.7. The van der Waals surface area contributed by atoms with Crippen molar-refractivity contribution in [3.63, 3.8) is 0 Å². The number of hydrogen-bond acceptors (Lipinski definition) is 4. The van der Waals surface area contributed by atoms with Crippen molar-refractivity contribution in [2.24, 2.45) is 0 Å². The third-order valence-electron chi connectivity index (χ3n) is 2.82. The Morgan fingerprint density at radius 3 is 2.44 bits per heavy atom. The molecule has 0 aromatic heterocycles. The molecule has 0 radical (unpaired) electrons. The molecule has 2 aliphatic rings. The Morgan fingerprint density at radius 1 is 1.39 bits per heavy atom. The normalized spacial score (nSPS) is 22.6. The van der Waals surface area contributed by atoms with Crippen LogP contribution in [0.1, 0.15) is 45.4 Å². The predicted molar refractivity (Wildman–Crippen MR) is 66.3 cm³/mol. The van der Waals surface area contributed by atoms with Gasteiger partial charge in [-0.15, -0.1) is 0 Å². The maximum absolute atomic E-state index is 10.6. The molecule has 1 fully saturated rings. The number of hydrogen-bond donors (Lipinski definition) is 0. The Morgan fingerprint density at radius 2 is 2.06 bits per heavy atom. The van der Waals surface area contributed by atoms with Crippen LogP contribution in [0.25, 0.3) is 0 Å². The third kappa shape index (κ3) is 4.49. The molecule has 18 heavy (non-hydrogen) atoms. The maximum atomic E-state index is 10.6. The van der Waals surface area contributed by atoms with Crippen LogP contribution in [0, 0.1) is 0 Å². The van der Waals surface area contributed by atoms with Gasteiger partial charge in [0.1, 0.15) is 0 Å². The van der Waals surface area contributed by atoms with Gasteiger partial charge in [-0.05, 0) is 25.3 Å². The first-order valence-electron chi connectivity index (χ1n) is 6.39. The highest BCUT2D eigenvalue weighted by Crippen LogP contribution is 2.14. The van der Waals surface area contributed by atoms with Gasteiger partial charge in [0.2, 0.25) is 0 Å². The van der Waals surface area contributed by atoms with E-state index in [4.69, 9.17) is 4.74 Å². The minimum Gasteiger partial charge on any atom is -0.498 e. The Bertz CT molecular complexity index is 298. The number of rotatable bonds is 3. The van der Waals surface area contributed by atoms with Crippen LogP contribution in [0.15, 0.2) is 12.3 Å². The van der Waals surface area contributed by atoms with E-state index >= 15 is 0 Å². The molecular formula is C13H21NO4. The van der Waals surface area contributed by atoms with E-state index in [-0.39, 0.29) is 24.7 Å². The molecule has 1 atom stereocenters. The average molecular weight is 255 g/mol. The third-order valence-corrected chi connectivity index (χ3v) is 2.82. The summed E-state index contributed by atoms with van der Waals surface area (Å²) in [6.45, 7) is 2.20. The average Bonchev–Trinajstić information content (AvgIpc) is 2.71. The molecule has 2 heterocycles. The number of ether oxygens (including phenoxy) is 1. The van der Waals surface area contributed by atoms with Crippen LogP contribution in [0.4, 0.5) is 0 Å². The zero-order valence-corrected chi connectivity index (χ0v) is 11.1. The predicted octanol–water partition coefficient (Wildman–Crippen LogP) is 2.18. The summed E-state index contributed by atoms with van der Waals surface area (Å²) in [5, 5.41) is 0.792. The highest BCUT2D eigenvalue weighted by Gasteiger charge is 2.28. The zero-order valence-electron chi connectivity index (χ0n) is 11.1. The molecule has 0 N–H and O–H groups in total. The standard InChI is InChI=1S/C8H14O.C5H7NO3/c1-2-5-8-6-3-4-7-9-8;1-9-6-4(7)2-3-5(6)8/h4,7-8H,2-3,5-6H2,1H3;2-3H2,1H3. The van der Waals surface area contributed by atoms with E-state index in [1.807, 2.05) is 6.26 Å². The SMILES string of the molecule is CCCC1CCC=CO1.CON1C(=O)CCC1=O. The van der Waals surface area contributed by atoms with Crippen molar-refractivity contribution in [2.75, 3.05) is 7.11 Å². The molecule has 2 aliphatic heterocycles. The van der Waals surface area contributed by atoms with E-state index in [2.05, 4.69) is 17.8 Å². The van der Waals surface area contributed by atoms with Gasteiger partial charge in [0, 0.05) is 12.8 Å². The van der Waals surface area contributed by atoms with Crippen LogP contribution >= 0.6 is 0 Å². The highest BCUT2D eigenvalue weighted by molar-refractivity contribution is 6.00. The quantitative estimate of drug-likeness (QED) is 0.725. The van der Waals surface area contributed by atoms with Gasteiger partial charge in [-0.2, -0.15) is 5.06 Å². The zero-order chi connectivity index (χ0) is 13.4. The topological polar surface area (TPSA) is 55.8 Å². The van der Waals surface area contributed by atoms with Gasteiger partial charge in [-0.1, -0.05) is 13.3 Å². The Balaban J connectivity index is 0.000000180. The Labute approximate surface area is 108 Å². The van der Waals surface area contributed by atoms with Crippen LogP contribution in [-0.4, -0.2) is 30.1 Å². The summed E-state index contributed by atoms with van der Waals surface area (Å²) in [6, 6.07) is 0. The van der Waals surface area contributed by atoms with Crippen molar-refractivity contribution in [1.82, 2.24) is 5.06 Å². The minimum absolute atomic E-state index is 0.248. The van der Waals surface area contributed by atoms with Crippen molar-refractivity contribution < 1.29 is 19.2 Å². The lowest BCUT2D eigenvalue weighted by Gasteiger charge is -2.17. The highest BCUT2D eigenvalue weighted by atomic mass is 16.7. The van der Waals surface area contributed by atoms with Crippen LogP contribution < -0.4 is 0 Å². The van der Waals surface area contributed by atoms with Gasteiger partial charge in [0.15, 0.2) is 0 Å². The van der Waals surface area contributed by atoms with Crippen molar-refractivity contribution in [2.45, 2.75) is 51.6 Å². The number of allylic oxidation sites excluding steroid dienone is 1. The van der Waals surface area contributed by atoms with Crippen LogP contribution in [0.5, 0.6) is 0 Å². The van der Waals surface area contributed by atoms with Crippen molar-refractivity contribution >= 4 is 11.8 Å². The minimum atomic E-state index is -0.248. The molecule has 5 heteroatoms. The van der Waals surface area contributed by atoms with Crippen LogP contribution in [0.3, 0.4) is 0 Å². The summed E-state index contributed by atoms with van der Waals surface area (Å²) >= 11 is 0. The second-order valence-electron chi connectivity index (χ2n) is 4.26. The molecular weight excluding hydrogens is 234 g/mol. The lowest BCUT2D eigenvalue weighted by atomic mass is 10.1. The van der Waals surface area contributed by atoms with E-state index in [9.17, 15) is 9.59 Å². The van der Waals surface area contributed by atoms with E-state index in [1.54, 1.807) is 0 Å². The summed E-state index contributed by atoms with van der Waals surface area (Å²) in [5.74, 6) is -0.495. The Kier molecular flexibility index (Phi) is 6.43. The van der Waals surface area contributed by atoms with Crippen molar-refractivity contribution in [1.29, 1.82) is 0 Å². The molecule has 0 aliphatic carbocycles. The molecule has 1 unspecified atom stereocenters. The van der Waals surface area contributed by atoms with Gasteiger partial charge >= 0.3 is 0 Å². The van der Waals surface area contributed by atoms with Gasteiger partial charge in [0.05, 0.1) is 19.5 Å². The molecule has 1 saturated heterocycles. The number of carbonyl (C=O) groups is 2. The molecule has 0 bridgehead atoms. The van der Waals surface area contributed by atoms with Gasteiger partial charge in [-0.25, -0.2) is 0 Å². The summed E-state index contributed by atoms with van der Waals surface area (Å²) in [6.07, 6.45) is 9.87. The van der Waals surface area contributed by atoms with E-state index in [0.717, 1.165) is 5.06 Å². The van der Waals surface area contributed by atoms with Crippen molar-refractivity contribution in [3.8, 4) is 0 Å². The molecule has 0 aromatic rings. The number of imide groups is 1. The molecule has 5 nitrogen and oxygen atoms in total. The molecule has 0 saturated carbocycles. The largest absolute Gasteiger partial charge is 0.498 e. The molecule has 0 aromatic carbocycles. The van der Waals surface area contributed by atoms with Crippen LogP contribution in [0.2, 0.25) is 0 Å². The van der Waals surface area contributed by atoms with Gasteiger partial charge < -0.3 is 4.74 Å².